The minimum Gasteiger partial charge on any atom is -0.388 e. The molecule has 2 aliphatic rings. The standard InChI is InChI=1S/C21H29ClN4O3/c1-21(2,19(27)16-9-14(22)10-18-17(16)11-23-25-18)13-3-6-26(7-4-13)20(28)24-15-5-8-29-12-15/h9-11,13,15,19,27H,3-8,12H2,1-2H3,(H,23,25)(H,24,28)/t15-,19?/m1/s1. The lowest BCUT2D eigenvalue weighted by Crippen LogP contribution is -2.49. The highest BCUT2D eigenvalue weighted by Crippen LogP contribution is 2.46. The molecule has 0 radical (unpaired) electrons. The number of urea groups is 1. The first-order valence-electron chi connectivity index (χ1n) is 10.3. The zero-order chi connectivity index (χ0) is 20.6. The van der Waals surface area contributed by atoms with Gasteiger partial charge in [0.05, 0.1) is 30.5 Å². The van der Waals surface area contributed by atoms with Crippen molar-refractivity contribution in [1.82, 2.24) is 20.4 Å². The highest BCUT2D eigenvalue weighted by molar-refractivity contribution is 6.31. The zero-order valence-corrected chi connectivity index (χ0v) is 17.7. The predicted octanol–water partition coefficient (Wildman–Crippen LogP) is 3.49. The minimum absolute atomic E-state index is 0.00717. The number of hydrogen-bond acceptors (Lipinski definition) is 4. The number of amides is 2. The van der Waals surface area contributed by atoms with Crippen LogP contribution < -0.4 is 5.32 Å². The molecule has 1 unspecified atom stereocenters. The topological polar surface area (TPSA) is 90.5 Å². The smallest absolute Gasteiger partial charge is 0.317 e. The number of ether oxygens (including phenoxy) is 1. The van der Waals surface area contributed by atoms with E-state index in [-0.39, 0.29) is 23.4 Å². The second-order valence-corrected chi connectivity index (χ2v) is 9.26. The number of likely N-dealkylation sites (tertiary alicyclic amines) is 1. The van der Waals surface area contributed by atoms with Gasteiger partial charge in [-0.1, -0.05) is 25.4 Å². The Morgan fingerprint density at radius 2 is 2.14 bits per heavy atom. The number of aromatic nitrogens is 2. The number of nitrogens with one attached hydrogen (secondary N) is 2. The molecule has 3 N–H and O–H groups in total. The van der Waals surface area contributed by atoms with Gasteiger partial charge in [-0.25, -0.2) is 4.79 Å². The molecule has 29 heavy (non-hydrogen) atoms. The minimum atomic E-state index is -0.678. The molecule has 3 heterocycles. The van der Waals surface area contributed by atoms with Crippen LogP contribution in [0.1, 0.15) is 44.8 Å². The van der Waals surface area contributed by atoms with Crippen molar-refractivity contribution >= 4 is 28.5 Å². The summed E-state index contributed by atoms with van der Waals surface area (Å²) >= 11 is 6.27. The van der Waals surface area contributed by atoms with Gasteiger partial charge in [0.2, 0.25) is 0 Å². The van der Waals surface area contributed by atoms with Gasteiger partial charge in [0, 0.05) is 30.1 Å². The van der Waals surface area contributed by atoms with Crippen molar-refractivity contribution in [3.8, 4) is 0 Å². The Hall–Kier alpha value is -1.83. The highest BCUT2D eigenvalue weighted by Gasteiger charge is 2.40. The fourth-order valence-electron chi connectivity index (χ4n) is 4.63. The largest absolute Gasteiger partial charge is 0.388 e. The molecule has 0 bridgehead atoms. The van der Waals surface area contributed by atoms with Crippen molar-refractivity contribution in [2.45, 2.75) is 45.3 Å². The molecule has 1 aromatic heterocycles. The van der Waals surface area contributed by atoms with Gasteiger partial charge in [0.1, 0.15) is 0 Å². The zero-order valence-electron chi connectivity index (χ0n) is 16.9. The van der Waals surface area contributed by atoms with Gasteiger partial charge in [0.15, 0.2) is 0 Å². The molecule has 8 heteroatoms. The Kier molecular flexibility index (Phi) is 5.73. The summed E-state index contributed by atoms with van der Waals surface area (Å²) in [6.45, 7) is 6.89. The molecule has 0 spiro atoms. The molecule has 4 rings (SSSR count). The molecular weight excluding hydrogens is 392 g/mol. The van der Waals surface area contributed by atoms with Crippen LogP contribution in [-0.4, -0.2) is 58.6 Å². The summed E-state index contributed by atoms with van der Waals surface area (Å²) in [6.07, 6.45) is 3.65. The molecule has 2 aliphatic heterocycles. The Labute approximate surface area is 175 Å². The van der Waals surface area contributed by atoms with Crippen LogP contribution in [0.5, 0.6) is 0 Å². The first kappa shape index (κ1) is 20.4. The third-order valence-electron chi connectivity index (χ3n) is 6.65. The Morgan fingerprint density at radius 1 is 1.38 bits per heavy atom. The lowest BCUT2D eigenvalue weighted by Gasteiger charge is -2.43. The Balaban J connectivity index is 1.42. The van der Waals surface area contributed by atoms with Crippen LogP contribution >= 0.6 is 11.6 Å². The first-order valence-corrected chi connectivity index (χ1v) is 10.7. The second-order valence-electron chi connectivity index (χ2n) is 8.82. The fourth-order valence-corrected chi connectivity index (χ4v) is 4.86. The summed E-state index contributed by atoms with van der Waals surface area (Å²) in [6, 6.07) is 3.77. The third-order valence-corrected chi connectivity index (χ3v) is 6.86. The van der Waals surface area contributed by atoms with Crippen molar-refractivity contribution in [2.75, 3.05) is 26.3 Å². The van der Waals surface area contributed by atoms with E-state index in [1.165, 1.54) is 0 Å². The number of aromatic amines is 1. The lowest BCUT2D eigenvalue weighted by atomic mass is 9.68. The summed E-state index contributed by atoms with van der Waals surface area (Å²) in [5, 5.41) is 22.9. The molecule has 0 saturated carbocycles. The number of rotatable bonds is 4. The summed E-state index contributed by atoms with van der Waals surface area (Å²) in [5.41, 5.74) is 1.26. The van der Waals surface area contributed by atoms with E-state index in [2.05, 4.69) is 29.4 Å². The first-order chi connectivity index (χ1) is 13.9. The number of halogens is 1. The van der Waals surface area contributed by atoms with Crippen LogP contribution in [0.15, 0.2) is 18.3 Å². The number of benzene rings is 1. The molecule has 2 saturated heterocycles. The van der Waals surface area contributed by atoms with Gasteiger partial charge in [-0.2, -0.15) is 5.10 Å². The molecule has 2 atom stereocenters. The van der Waals surface area contributed by atoms with Crippen LogP contribution in [0, 0.1) is 11.3 Å². The number of aliphatic hydroxyl groups excluding tert-OH is 1. The van der Waals surface area contributed by atoms with Crippen molar-refractivity contribution in [3.63, 3.8) is 0 Å². The van der Waals surface area contributed by atoms with E-state index >= 15 is 0 Å². The van der Waals surface area contributed by atoms with Crippen molar-refractivity contribution in [1.29, 1.82) is 0 Å². The summed E-state index contributed by atoms with van der Waals surface area (Å²) < 4.78 is 5.33. The number of piperidine rings is 1. The van der Waals surface area contributed by atoms with Gasteiger partial charge < -0.3 is 20.1 Å². The SMILES string of the molecule is CC(C)(C1CCN(C(=O)N[C@@H]2CCOC2)CC1)C(O)c1cc(Cl)cc2[nH]ncc12. The lowest BCUT2D eigenvalue weighted by molar-refractivity contribution is -0.0143. The molecule has 2 aromatic rings. The molecule has 1 aromatic carbocycles. The summed E-state index contributed by atoms with van der Waals surface area (Å²) in [7, 11) is 0. The maximum absolute atomic E-state index is 12.5. The Morgan fingerprint density at radius 3 is 2.83 bits per heavy atom. The maximum atomic E-state index is 12.5. The highest BCUT2D eigenvalue weighted by atomic mass is 35.5. The van der Waals surface area contributed by atoms with E-state index < -0.39 is 6.10 Å². The monoisotopic (exact) mass is 420 g/mol. The predicted molar refractivity (Wildman–Crippen MR) is 112 cm³/mol. The molecule has 7 nitrogen and oxygen atoms in total. The van der Waals surface area contributed by atoms with Gasteiger partial charge in [-0.3, -0.25) is 5.10 Å². The number of hydrogen-bond donors (Lipinski definition) is 3. The molecule has 2 amide bonds. The van der Waals surface area contributed by atoms with E-state index in [1.807, 2.05) is 17.0 Å². The molecule has 0 aliphatic carbocycles. The van der Waals surface area contributed by atoms with Crippen LogP contribution in [0.2, 0.25) is 5.02 Å². The average molecular weight is 421 g/mol. The van der Waals surface area contributed by atoms with E-state index in [9.17, 15) is 9.90 Å². The van der Waals surface area contributed by atoms with E-state index in [0.717, 1.165) is 35.7 Å². The van der Waals surface area contributed by atoms with E-state index in [0.29, 0.717) is 31.3 Å². The van der Waals surface area contributed by atoms with Gasteiger partial charge in [-0.15, -0.1) is 0 Å². The van der Waals surface area contributed by atoms with Crippen LogP contribution in [0.3, 0.4) is 0 Å². The third kappa shape index (κ3) is 4.09. The normalized spacial score (nSPS) is 22.2. The number of carbonyl (C=O) groups excluding carboxylic acids is 1. The number of carbonyl (C=O) groups is 1. The number of nitrogens with zero attached hydrogens (tertiary/aromatic N) is 2. The quantitative estimate of drug-likeness (QED) is 0.706. The van der Waals surface area contributed by atoms with Crippen molar-refractivity contribution in [3.05, 3.63) is 28.9 Å². The van der Waals surface area contributed by atoms with Crippen LogP contribution in [-0.2, 0) is 4.74 Å². The Bertz CT molecular complexity index is 870. The van der Waals surface area contributed by atoms with Gasteiger partial charge >= 0.3 is 6.03 Å². The van der Waals surface area contributed by atoms with Crippen LogP contribution in [0.25, 0.3) is 10.9 Å². The fraction of sp³-hybridized carbons (Fsp3) is 0.619. The number of fused-ring (bicyclic) bond motifs is 1. The summed E-state index contributed by atoms with van der Waals surface area (Å²) in [4.78, 5) is 14.4. The van der Waals surface area contributed by atoms with Gasteiger partial charge in [-0.05, 0) is 48.3 Å². The number of H-pyrrole nitrogens is 1. The molecular formula is C21H29ClN4O3. The second kappa shape index (κ2) is 8.13. The molecule has 158 valence electrons. The summed E-state index contributed by atoms with van der Waals surface area (Å²) in [5.74, 6) is 0.289. The van der Waals surface area contributed by atoms with Crippen molar-refractivity contribution < 1.29 is 14.6 Å². The molecule has 2 fully saturated rings. The van der Waals surface area contributed by atoms with Crippen LogP contribution in [0.4, 0.5) is 4.79 Å². The average Bonchev–Trinajstić information content (AvgIpc) is 3.38. The maximum Gasteiger partial charge on any atom is 0.317 e. The van der Waals surface area contributed by atoms with Crippen molar-refractivity contribution in [2.24, 2.45) is 11.3 Å². The number of aliphatic hydroxyl groups is 1. The van der Waals surface area contributed by atoms with Gasteiger partial charge in [0.25, 0.3) is 0 Å². The van der Waals surface area contributed by atoms with E-state index in [4.69, 9.17) is 16.3 Å². The van der Waals surface area contributed by atoms with E-state index in [1.54, 1.807) is 6.20 Å².